The second kappa shape index (κ2) is 5.83. The first-order valence-corrected chi connectivity index (χ1v) is 5.00. The van der Waals surface area contributed by atoms with Crippen molar-refractivity contribution >= 4 is 11.8 Å². The lowest BCUT2D eigenvalue weighted by atomic mass is 10.0. The maximum absolute atomic E-state index is 10.8. The maximum Gasteiger partial charge on any atom is 0.507 e. The number of benzene rings is 1. The minimum Gasteiger partial charge on any atom is -0.438 e. The van der Waals surface area contributed by atoms with Crippen LogP contribution < -0.4 is 0 Å². The van der Waals surface area contributed by atoms with E-state index < -0.39 is 11.1 Å². The van der Waals surface area contributed by atoms with Crippen molar-refractivity contribution in [2.45, 2.75) is 12.8 Å². The average molecular weight is 239 g/mol. The summed E-state index contributed by atoms with van der Waals surface area (Å²) in [7, 11) is 1.21. The zero-order valence-electron chi connectivity index (χ0n) is 9.58. The van der Waals surface area contributed by atoms with Gasteiger partial charge in [0.25, 0.3) is 5.69 Å². The molecule has 1 aromatic rings. The van der Waals surface area contributed by atoms with Crippen LogP contribution in [0.3, 0.4) is 0 Å². The van der Waals surface area contributed by atoms with Gasteiger partial charge in [-0.05, 0) is 0 Å². The lowest BCUT2D eigenvalue weighted by Gasteiger charge is -2.11. The Kier molecular flexibility index (Phi) is 4.45. The van der Waals surface area contributed by atoms with Crippen LogP contribution in [-0.4, -0.2) is 24.8 Å². The zero-order valence-corrected chi connectivity index (χ0v) is 9.58. The second-order valence-electron chi connectivity index (χ2n) is 3.48. The number of ether oxygens (including phenoxy) is 2. The Bertz CT molecular complexity index is 418. The largest absolute Gasteiger partial charge is 0.507 e. The number of methoxy groups -OCH3 is 1. The molecule has 1 unspecified atom stereocenters. The van der Waals surface area contributed by atoms with Gasteiger partial charge in [-0.3, -0.25) is 10.1 Å². The summed E-state index contributed by atoms with van der Waals surface area (Å²) in [6, 6.07) is 6.36. The molecule has 0 aliphatic rings. The maximum atomic E-state index is 10.8. The van der Waals surface area contributed by atoms with Crippen molar-refractivity contribution in [3.63, 3.8) is 0 Å². The smallest absolute Gasteiger partial charge is 0.438 e. The monoisotopic (exact) mass is 239 g/mol. The van der Waals surface area contributed by atoms with Crippen molar-refractivity contribution in [2.75, 3.05) is 13.7 Å². The molecule has 92 valence electrons. The van der Waals surface area contributed by atoms with E-state index in [1.807, 2.05) is 0 Å². The van der Waals surface area contributed by atoms with Gasteiger partial charge >= 0.3 is 6.16 Å². The minimum absolute atomic E-state index is 0.0217. The summed E-state index contributed by atoms with van der Waals surface area (Å²) < 4.78 is 9.08. The van der Waals surface area contributed by atoms with Crippen LogP contribution in [0.4, 0.5) is 10.5 Å². The molecule has 0 saturated heterocycles. The molecule has 0 aliphatic heterocycles. The van der Waals surface area contributed by atoms with Crippen molar-refractivity contribution in [3.05, 3.63) is 39.9 Å². The zero-order chi connectivity index (χ0) is 12.8. The van der Waals surface area contributed by atoms with Gasteiger partial charge in [-0.25, -0.2) is 4.79 Å². The van der Waals surface area contributed by atoms with Crippen molar-refractivity contribution in [1.82, 2.24) is 0 Å². The van der Waals surface area contributed by atoms with Crippen molar-refractivity contribution in [3.8, 4) is 0 Å². The molecule has 0 N–H and O–H groups in total. The van der Waals surface area contributed by atoms with Gasteiger partial charge in [0.2, 0.25) is 0 Å². The Balaban J connectivity index is 2.78. The SMILES string of the molecule is COC(=O)OCC(C)c1ccccc1[N+](=O)[O-]. The van der Waals surface area contributed by atoms with Gasteiger partial charge in [0.15, 0.2) is 0 Å². The fourth-order valence-corrected chi connectivity index (χ4v) is 1.41. The van der Waals surface area contributed by atoms with Crippen LogP contribution in [0.1, 0.15) is 18.4 Å². The summed E-state index contributed by atoms with van der Waals surface area (Å²) in [5.41, 5.74) is 0.551. The first kappa shape index (κ1) is 13.0. The summed E-state index contributed by atoms with van der Waals surface area (Å²) in [6.45, 7) is 1.78. The van der Waals surface area contributed by atoms with Crippen LogP contribution in [0, 0.1) is 10.1 Å². The second-order valence-corrected chi connectivity index (χ2v) is 3.48. The highest BCUT2D eigenvalue weighted by atomic mass is 16.7. The molecule has 1 rings (SSSR count). The van der Waals surface area contributed by atoms with Crippen LogP contribution in [0.25, 0.3) is 0 Å². The van der Waals surface area contributed by atoms with Gasteiger partial charge in [-0.2, -0.15) is 0 Å². The Morgan fingerprint density at radius 1 is 1.47 bits per heavy atom. The number of rotatable bonds is 4. The molecule has 1 aromatic carbocycles. The Morgan fingerprint density at radius 2 is 2.12 bits per heavy atom. The topological polar surface area (TPSA) is 78.7 Å². The van der Waals surface area contributed by atoms with Crippen LogP contribution in [0.2, 0.25) is 0 Å². The van der Waals surface area contributed by atoms with E-state index in [0.717, 1.165) is 0 Å². The quantitative estimate of drug-likeness (QED) is 0.458. The number of hydrogen-bond acceptors (Lipinski definition) is 5. The molecular formula is C11H13NO5. The van der Waals surface area contributed by atoms with Gasteiger partial charge in [0, 0.05) is 17.5 Å². The van der Waals surface area contributed by atoms with Crippen molar-refractivity contribution in [2.24, 2.45) is 0 Å². The van der Waals surface area contributed by atoms with Gasteiger partial charge in [-0.15, -0.1) is 0 Å². The van der Waals surface area contributed by atoms with Gasteiger partial charge in [-0.1, -0.05) is 25.1 Å². The molecule has 6 nitrogen and oxygen atoms in total. The molecule has 0 saturated carbocycles. The molecule has 1 atom stereocenters. The van der Waals surface area contributed by atoms with E-state index in [-0.39, 0.29) is 18.2 Å². The van der Waals surface area contributed by atoms with Crippen LogP contribution in [0.15, 0.2) is 24.3 Å². The third-order valence-corrected chi connectivity index (χ3v) is 2.28. The summed E-state index contributed by atoms with van der Waals surface area (Å²) in [5.74, 6) is -0.268. The molecule has 0 radical (unpaired) electrons. The number of carbonyl (C=O) groups excluding carboxylic acids is 1. The van der Waals surface area contributed by atoms with Crippen LogP contribution in [-0.2, 0) is 9.47 Å². The molecular weight excluding hydrogens is 226 g/mol. The highest BCUT2D eigenvalue weighted by Crippen LogP contribution is 2.26. The number of para-hydroxylation sites is 1. The highest BCUT2D eigenvalue weighted by Gasteiger charge is 2.19. The standard InChI is InChI=1S/C11H13NO5/c1-8(7-17-11(13)16-2)9-5-3-4-6-10(9)12(14)15/h3-6,8H,7H2,1-2H3. The molecule has 0 bridgehead atoms. The van der Waals surface area contributed by atoms with E-state index >= 15 is 0 Å². The first-order chi connectivity index (χ1) is 8.06. The van der Waals surface area contributed by atoms with E-state index in [2.05, 4.69) is 4.74 Å². The van der Waals surface area contributed by atoms with Crippen LogP contribution in [0.5, 0.6) is 0 Å². The van der Waals surface area contributed by atoms with Gasteiger partial charge < -0.3 is 9.47 Å². The molecule has 0 amide bonds. The molecule has 17 heavy (non-hydrogen) atoms. The summed E-state index contributed by atoms with van der Waals surface area (Å²) in [4.78, 5) is 21.1. The predicted molar refractivity (Wildman–Crippen MR) is 59.9 cm³/mol. The van der Waals surface area contributed by atoms with E-state index in [9.17, 15) is 14.9 Å². The van der Waals surface area contributed by atoms with E-state index in [1.54, 1.807) is 25.1 Å². The summed E-state index contributed by atoms with van der Waals surface area (Å²) >= 11 is 0. The molecule has 0 aliphatic carbocycles. The third kappa shape index (κ3) is 3.44. The van der Waals surface area contributed by atoms with Gasteiger partial charge in [0.05, 0.1) is 12.0 Å². The fraction of sp³-hybridized carbons (Fsp3) is 0.364. The third-order valence-electron chi connectivity index (χ3n) is 2.28. The normalized spacial score (nSPS) is 11.6. The number of nitro groups is 1. The Labute approximate surface area is 98.3 Å². The van der Waals surface area contributed by atoms with E-state index in [0.29, 0.717) is 5.56 Å². The predicted octanol–water partition coefficient (Wildman–Crippen LogP) is 2.48. The minimum atomic E-state index is -0.796. The van der Waals surface area contributed by atoms with E-state index in [1.165, 1.54) is 13.2 Å². The number of hydrogen-bond donors (Lipinski definition) is 0. The van der Waals surface area contributed by atoms with Crippen molar-refractivity contribution < 1.29 is 19.2 Å². The fourth-order valence-electron chi connectivity index (χ4n) is 1.41. The molecule has 0 fully saturated rings. The van der Waals surface area contributed by atoms with E-state index in [4.69, 9.17) is 4.74 Å². The lowest BCUT2D eigenvalue weighted by Crippen LogP contribution is -2.11. The Morgan fingerprint density at radius 3 is 2.71 bits per heavy atom. The molecule has 0 spiro atoms. The number of carbonyl (C=O) groups is 1. The van der Waals surface area contributed by atoms with Gasteiger partial charge in [0.1, 0.15) is 6.61 Å². The average Bonchev–Trinajstić information content (AvgIpc) is 2.35. The van der Waals surface area contributed by atoms with Crippen LogP contribution >= 0.6 is 0 Å². The molecule has 0 aromatic heterocycles. The molecule has 6 heteroatoms. The summed E-state index contributed by atoms with van der Waals surface area (Å²) in [5, 5.41) is 10.8. The highest BCUT2D eigenvalue weighted by molar-refractivity contribution is 5.59. The molecule has 0 heterocycles. The number of nitro benzene ring substituents is 1. The first-order valence-electron chi connectivity index (χ1n) is 5.00. The number of nitrogens with zero attached hydrogens (tertiary/aromatic N) is 1. The summed E-state index contributed by atoms with van der Waals surface area (Å²) in [6.07, 6.45) is -0.796. The Hall–Kier alpha value is -2.11. The lowest BCUT2D eigenvalue weighted by molar-refractivity contribution is -0.385. The van der Waals surface area contributed by atoms with Crippen molar-refractivity contribution in [1.29, 1.82) is 0 Å².